The molecule has 8 nitrogen and oxygen atoms in total. The van der Waals surface area contributed by atoms with Crippen LogP contribution < -0.4 is 10.6 Å². The monoisotopic (exact) mass is 351 g/mol. The van der Waals surface area contributed by atoms with Crippen LogP contribution in [0.15, 0.2) is 40.9 Å². The van der Waals surface area contributed by atoms with Crippen molar-refractivity contribution in [3.63, 3.8) is 0 Å². The predicted molar refractivity (Wildman–Crippen MR) is 95.7 cm³/mol. The maximum Gasteiger partial charge on any atom is 0.274 e. The molecule has 0 aliphatic carbocycles. The van der Waals surface area contributed by atoms with Crippen LogP contribution in [0.1, 0.15) is 39.2 Å². The molecule has 26 heavy (non-hydrogen) atoms. The Hall–Kier alpha value is -3.55. The third kappa shape index (κ3) is 4.10. The molecule has 0 unspecified atom stereocenters. The van der Waals surface area contributed by atoms with Crippen LogP contribution in [-0.2, 0) is 0 Å². The highest BCUT2D eigenvalue weighted by atomic mass is 16.5. The zero-order valence-corrected chi connectivity index (χ0v) is 14.5. The van der Waals surface area contributed by atoms with Crippen LogP contribution in [0.2, 0.25) is 0 Å². The number of hydrogen-bond acceptors (Lipinski definition) is 7. The molecular formula is C18H17N5O3. The summed E-state index contributed by atoms with van der Waals surface area (Å²) in [4.78, 5) is 32.4. The molecule has 0 spiro atoms. The van der Waals surface area contributed by atoms with Gasteiger partial charge >= 0.3 is 0 Å². The molecule has 132 valence electrons. The summed E-state index contributed by atoms with van der Waals surface area (Å²) in [5.41, 5.74) is 1.84. The fourth-order valence-electron chi connectivity index (χ4n) is 2.29. The van der Waals surface area contributed by atoms with Crippen molar-refractivity contribution in [3.05, 3.63) is 59.1 Å². The van der Waals surface area contributed by atoms with Crippen LogP contribution >= 0.6 is 0 Å². The molecule has 0 saturated heterocycles. The fraction of sp³-hybridized carbons (Fsp3) is 0.167. The Morgan fingerprint density at radius 3 is 2.58 bits per heavy atom. The highest BCUT2D eigenvalue weighted by Gasteiger charge is 2.13. The van der Waals surface area contributed by atoms with Gasteiger partial charge in [-0.2, -0.15) is 0 Å². The van der Waals surface area contributed by atoms with E-state index in [9.17, 15) is 9.59 Å². The molecule has 0 fully saturated rings. The molecule has 2 N–H and O–H groups in total. The molecule has 2 aromatic heterocycles. The lowest BCUT2D eigenvalue weighted by Gasteiger charge is -2.08. The first kappa shape index (κ1) is 17.3. The van der Waals surface area contributed by atoms with Gasteiger partial charge in [-0.1, -0.05) is 17.3 Å². The van der Waals surface area contributed by atoms with E-state index in [2.05, 4.69) is 25.8 Å². The minimum atomic E-state index is -0.407. The van der Waals surface area contributed by atoms with Gasteiger partial charge in [0.15, 0.2) is 11.6 Å². The number of rotatable bonds is 5. The Labute approximate surface area is 149 Å². The van der Waals surface area contributed by atoms with Crippen molar-refractivity contribution in [1.29, 1.82) is 0 Å². The molecule has 1 aromatic carbocycles. The maximum atomic E-state index is 12.5. The summed E-state index contributed by atoms with van der Waals surface area (Å²) in [6.07, 6.45) is 0. The molecule has 3 aromatic rings. The van der Waals surface area contributed by atoms with Crippen LogP contribution in [0.4, 0.5) is 17.5 Å². The first-order valence-electron chi connectivity index (χ1n) is 7.89. The van der Waals surface area contributed by atoms with E-state index < -0.39 is 5.91 Å². The van der Waals surface area contributed by atoms with E-state index in [4.69, 9.17) is 4.52 Å². The smallest absolute Gasteiger partial charge is 0.274 e. The van der Waals surface area contributed by atoms with Gasteiger partial charge in [0.2, 0.25) is 5.95 Å². The second-order valence-electron chi connectivity index (χ2n) is 5.76. The normalized spacial score (nSPS) is 10.4. The van der Waals surface area contributed by atoms with Gasteiger partial charge in [0.25, 0.3) is 5.91 Å². The number of aromatic nitrogens is 3. The summed E-state index contributed by atoms with van der Waals surface area (Å²) in [6, 6.07) is 9.98. The van der Waals surface area contributed by atoms with Crippen LogP contribution in [0.3, 0.4) is 0 Å². The Balaban J connectivity index is 1.80. The van der Waals surface area contributed by atoms with Gasteiger partial charge < -0.3 is 15.2 Å². The lowest BCUT2D eigenvalue weighted by Crippen LogP contribution is -2.15. The van der Waals surface area contributed by atoms with E-state index >= 15 is 0 Å². The van der Waals surface area contributed by atoms with E-state index in [-0.39, 0.29) is 17.4 Å². The van der Waals surface area contributed by atoms with Crippen molar-refractivity contribution in [2.45, 2.75) is 20.8 Å². The standard InChI is InChI=1S/C18H17N5O3/c1-10-7-15(21-18(19-10)22-16-8-11(2)26-23-16)17(25)20-14-6-4-5-13(9-14)12(3)24/h4-9H,1-3H3,(H,20,25)(H,19,21,22,23). The number of nitrogens with one attached hydrogen (secondary N) is 2. The predicted octanol–water partition coefficient (Wildman–Crippen LogP) is 3.28. The summed E-state index contributed by atoms with van der Waals surface area (Å²) in [6.45, 7) is 5.00. The number of anilines is 3. The molecule has 0 aliphatic rings. The lowest BCUT2D eigenvalue weighted by atomic mass is 10.1. The summed E-state index contributed by atoms with van der Waals surface area (Å²) >= 11 is 0. The van der Waals surface area contributed by atoms with Crippen LogP contribution in [0.5, 0.6) is 0 Å². The highest BCUT2D eigenvalue weighted by Crippen LogP contribution is 2.16. The van der Waals surface area contributed by atoms with E-state index in [0.717, 1.165) is 0 Å². The number of nitrogens with zero attached hydrogens (tertiary/aromatic N) is 3. The van der Waals surface area contributed by atoms with Crippen LogP contribution in [-0.4, -0.2) is 26.8 Å². The van der Waals surface area contributed by atoms with Crippen molar-refractivity contribution in [2.24, 2.45) is 0 Å². The second-order valence-corrected chi connectivity index (χ2v) is 5.76. The highest BCUT2D eigenvalue weighted by molar-refractivity contribution is 6.04. The topological polar surface area (TPSA) is 110 Å². The van der Waals surface area contributed by atoms with Crippen molar-refractivity contribution < 1.29 is 14.1 Å². The average molecular weight is 351 g/mol. The van der Waals surface area contributed by atoms with Crippen molar-refractivity contribution in [2.75, 3.05) is 10.6 Å². The number of benzene rings is 1. The molecule has 0 saturated carbocycles. The quantitative estimate of drug-likeness (QED) is 0.679. The van der Waals surface area contributed by atoms with E-state index in [1.54, 1.807) is 50.2 Å². The Morgan fingerprint density at radius 2 is 1.88 bits per heavy atom. The number of Topliss-reactive ketones (excluding diaryl/α,β-unsaturated/α-hetero) is 1. The van der Waals surface area contributed by atoms with Gasteiger partial charge in [0.1, 0.15) is 11.5 Å². The number of carbonyl (C=O) groups is 2. The fourth-order valence-corrected chi connectivity index (χ4v) is 2.29. The average Bonchev–Trinajstić information content (AvgIpc) is 2.99. The minimum Gasteiger partial charge on any atom is -0.360 e. The summed E-state index contributed by atoms with van der Waals surface area (Å²) in [5, 5.41) is 9.44. The Kier molecular flexibility index (Phi) is 4.74. The van der Waals surface area contributed by atoms with E-state index in [0.29, 0.717) is 28.5 Å². The number of aryl methyl sites for hydroxylation is 2. The number of hydrogen-bond donors (Lipinski definition) is 2. The Morgan fingerprint density at radius 1 is 1.08 bits per heavy atom. The third-order valence-corrected chi connectivity index (χ3v) is 3.48. The summed E-state index contributed by atoms with van der Waals surface area (Å²) in [7, 11) is 0. The number of amides is 1. The third-order valence-electron chi connectivity index (χ3n) is 3.48. The van der Waals surface area contributed by atoms with Crippen molar-refractivity contribution >= 4 is 29.1 Å². The van der Waals surface area contributed by atoms with Crippen LogP contribution in [0.25, 0.3) is 0 Å². The zero-order chi connectivity index (χ0) is 18.7. The molecule has 0 atom stereocenters. The summed E-state index contributed by atoms with van der Waals surface area (Å²) < 4.78 is 4.98. The largest absolute Gasteiger partial charge is 0.360 e. The molecule has 8 heteroatoms. The second kappa shape index (κ2) is 7.14. The first-order chi connectivity index (χ1) is 12.4. The van der Waals surface area contributed by atoms with Gasteiger partial charge in [-0.15, -0.1) is 0 Å². The SMILES string of the molecule is CC(=O)c1cccc(NC(=O)c2cc(C)nc(Nc3cc(C)on3)n2)c1. The zero-order valence-electron chi connectivity index (χ0n) is 14.5. The van der Waals surface area contributed by atoms with Gasteiger partial charge in [-0.3, -0.25) is 9.59 Å². The first-order valence-corrected chi connectivity index (χ1v) is 7.89. The van der Waals surface area contributed by atoms with E-state index in [1.807, 2.05) is 0 Å². The van der Waals surface area contributed by atoms with Gasteiger partial charge in [0.05, 0.1) is 0 Å². The van der Waals surface area contributed by atoms with Crippen molar-refractivity contribution in [1.82, 2.24) is 15.1 Å². The maximum absolute atomic E-state index is 12.5. The molecular weight excluding hydrogens is 334 g/mol. The molecule has 0 bridgehead atoms. The van der Waals surface area contributed by atoms with Crippen LogP contribution in [0, 0.1) is 13.8 Å². The molecule has 2 heterocycles. The molecule has 3 rings (SSSR count). The van der Waals surface area contributed by atoms with Gasteiger partial charge in [-0.05, 0) is 39.0 Å². The van der Waals surface area contributed by atoms with Gasteiger partial charge in [0, 0.05) is 23.0 Å². The summed E-state index contributed by atoms with van der Waals surface area (Å²) in [5.74, 6) is 0.849. The lowest BCUT2D eigenvalue weighted by molar-refractivity contribution is 0.100. The number of ketones is 1. The van der Waals surface area contributed by atoms with E-state index in [1.165, 1.54) is 6.92 Å². The number of carbonyl (C=O) groups excluding carboxylic acids is 2. The molecule has 0 aliphatic heterocycles. The molecule has 1 amide bonds. The van der Waals surface area contributed by atoms with Crippen molar-refractivity contribution in [3.8, 4) is 0 Å². The minimum absolute atomic E-state index is 0.0756. The Bertz CT molecular complexity index is 980. The van der Waals surface area contributed by atoms with Gasteiger partial charge in [-0.25, -0.2) is 9.97 Å². The molecule has 0 radical (unpaired) electrons.